The Morgan fingerprint density at radius 1 is 1.18 bits per heavy atom. The summed E-state index contributed by atoms with van der Waals surface area (Å²) >= 11 is 1.87. The first-order valence-corrected chi connectivity index (χ1v) is 5.10. The molecular weight excluding hydrogens is 156 g/mol. The van der Waals surface area contributed by atoms with E-state index in [1.807, 2.05) is 11.8 Å². The molecule has 0 aromatic heterocycles. The zero-order valence-corrected chi connectivity index (χ0v) is 8.48. The van der Waals surface area contributed by atoms with Crippen LogP contribution >= 0.6 is 11.8 Å². The molecule has 0 unspecified atom stereocenters. The third-order valence-electron chi connectivity index (χ3n) is 2.23. The smallest absolute Gasteiger partial charge is 0.133 e. The molecule has 0 radical (unpaired) electrons. The normalized spacial score (nSPS) is 22.0. The van der Waals surface area contributed by atoms with Crippen molar-refractivity contribution in [3.05, 3.63) is 0 Å². The van der Waals surface area contributed by atoms with Crippen LogP contribution in [0, 0.1) is 11.8 Å². The van der Waals surface area contributed by atoms with Crippen molar-refractivity contribution in [3.8, 4) is 0 Å². The maximum atomic E-state index is 4.35. The summed E-state index contributed by atoms with van der Waals surface area (Å²) in [6.07, 6.45) is 0. The van der Waals surface area contributed by atoms with Gasteiger partial charge in [0.1, 0.15) is 10.7 Å². The van der Waals surface area contributed by atoms with Crippen LogP contribution in [0.3, 0.4) is 0 Å². The fraction of sp³-hybridized carbons (Fsp3) is 1.00. The van der Waals surface area contributed by atoms with Crippen molar-refractivity contribution in [2.45, 2.75) is 32.6 Å². The Kier molecular flexibility index (Phi) is 2.58. The van der Waals surface area contributed by atoms with Gasteiger partial charge in [0, 0.05) is 0 Å². The van der Waals surface area contributed by atoms with Gasteiger partial charge in [0.2, 0.25) is 0 Å². The predicted octanol–water partition coefficient (Wildman–Crippen LogP) is 3.15. The Morgan fingerprint density at radius 2 is 1.73 bits per heavy atom. The quantitative estimate of drug-likeness (QED) is 0.628. The Hall–Kier alpha value is -0.0500. The molecule has 0 spiro atoms. The van der Waals surface area contributed by atoms with Gasteiger partial charge >= 0.3 is 0 Å². The van der Waals surface area contributed by atoms with Gasteiger partial charge < -0.3 is 0 Å². The van der Waals surface area contributed by atoms with E-state index in [-0.39, 0.29) is 4.87 Å². The standard InChI is InChI=1S/C8H16N2S/c1-6(2)8(7(3)4)10-9-5-11-8/h6-7H,5H2,1-4H3. The largest absolute Gasteiger partial charge is 0.182 e. The lowest BCUT2D eigenvalue weighted by molar-refractivity contribution is 0.341. The molecule has 64 valence electrons. The lowest BCUT2D eigenvalue weighted by Gasteiger charge is -2.31. The highest BCUT2D eigenvalue weighted by Crippen LogP contribution is 2.44. The molecule has 1 aliphatic heterocycles. The summed E-state index contributed by atoms with van der Waals surface area (Å²) in [5.41, 5.74) is 0. The van der Waals surface area contributed by atoms with Crippen LogP contribution in [0.15, 0.2) is 10.2 Å². The van der Waals surface area contributed by atoms with Crippen LogP contribution in [0.2, 0.25) is 0 Å². The molecule has 1 aliphatic rings. The molecule has 0 atom stereocenters. The zero-order valence-electron chi connectivity index (χ0n) is 7.66. The molecule has 1 rings (SSSR count). The summed E-state index contributed by atoms with van der Waals surface area (Å²) in [6.45, 7) is 8.88. The van der Waals surface area contributed by atoms with Crippen LogP contribution in [-0.2, 0) is 0 Å². The maximum absolute atomic E-state index is 4.35. The first-order chi connectivity index (χ1) is 5.09. The van der Waals surface area contributed by atoms with Crippen LogP contribution in [0.4, 0.5) is 0 Å². The highest BCUT2D eigenvalue weighted by atomic mass is 32.2. The van der Waals surface area contributed by atoms with Crippen molar-refractivity contribution in [1.29, 1.82) is 0 Å². The number of hydrogen-bond acceptors (Lipinski definition) is 3. The van der Waals surface area contributed by atoms with Crippen molar-refractivity contribution in [1.82, 2.24) is 0 Å². The van der Waals surface area contributed by atoms with Gasteiger partial charge in [0.25, 0.3) is 0 Å². The van der Waals surface area contributed by atoms with Crippen molar-refractivity contribution >= 4 is 11.8 Å². The summed E-state index contributed by atoms with van der Waals surface area (Å²) in [4.78, 5) is 0.0694. The predicted molar refractivity (Wildman–Crippen MR) is 49.7 cm³/mol. The molecule has 0 saturated heterocycles. The van der Waals surface area contributed by atoms with Gasteiger partial charge in [0.05, 0.1) is 0 Å². The Bertz CT molecular complexity index is 155. The minimum atomic E-state index is 0.0694. The first-order valence-electron chi connectivity index (χ1n) is 4.12. The fourth-order valence-electron chi connectivity index (χ4n) is 1.53. The van der Waals surface area contributed by atoms with E-state index < -0.39 is 0 Å². The molecule has 0 saturated carbocycles. The molecule has 0 fully saturated rings. The molecule has 11 heavy (non-hydrogen) atoms. The molecule has 0 N–H and O–H groups in total. The van der Waals surface area contributed by atoms with E-state index >= 15 is 0 Å². The second-order valence-electron chi connectivity index (χ2n) is 3.58. The number of hydrogen-bond donors (Lipinski definition) is 0. The first kappa shape index (κ1) is 9.04. The summed E-state index contributed by atoms with van der Waals surface area (Å²) in [5, 5.41) is 8.42. The maximum Gasteiger partial charge on any atom is 0.133 e. The number of thioether (sulfide) groups is 1. The summed E-state index contributed by atoms with van der Waals surface area (Å²) < 4.78 is 0. The molecule has 0 aromatic rings. The summed E-state index contributed by atoms with van der Waals surface area (Å²) in [6, 6.07) is 0. The van der Waals surface area contributed by atoms with E-state index in [1.165, 1.54) is 0 Å². The molecular formula is C8H16N2S. The lowest BCUT2D eigenvalue weighted by atomic mass is 9.93. The minimum absolute atomic E-state index is 0.0694. The fourth-order valence-corrected chi connectivity index (χ4v) is 2.64. The molecule has 1 heterocycles. The van der Waals surface area contributed by atoms with Crippen LogP contribution in [-0.4, -0.2) is 10.7 Å². The molecule has 0 aliphatic carbocycles. The molecule has 2 nitrogen and oxygen atoms in total. The SMILES string of the molecule is CC(C)C1(C(C)C)N=NCS1. The van der Waals surface area contributed by atoms with E-state index in [2.05, 4.69) is 37.9 Å². The zero-order chi connectivity index (χ0) is 8.48. The molecule has 0 aromatic carbocycles. The minimum Gasteiger partial charge on any atom is -0.182 e. The van der Waals surface area contributed by atoms with Gasteiger partial charge in [-0.1, -0.05) is 27.7 Å². The monoisotopic (exact) mass is 172 g/mol. The van der Waals surface area contributed by atoms with E-state index in [9.17, 15) is 0 Å². The summed E-state index contributed by atoms with van der Waals surface area (Å²) in [5.74, 6) is 2.01. The highest BCUT2D eigenvalue weighted by Gasteiger charge is 2.40. The van der Waals surface area contributed by atoms with Crippen molar-refractivity contribution in [2.24, 2.45) is 22.1 Å². The average Bonchev–Trinajstić information content (AvgIpc) is 2.34. The third kappa shape index (κ3) is 1.43. The summed E-state index contributed by atoms with van der Waals surface area (Å²) in [7, 11) is 0. The van der Waals surface area contributed by atoms with Crippen LogP contribution in [0.1, 0.15) is 27.7 Å². The number of nitrogens with zero attached hydrogens (tertiary/aromatic N) is 2. The second kappa shape index (κ2) is 3.13. The van der Waals surface area contributed by atoms with E-state index in [4.69, 9.17) is 0 Å². The number of rotatable bonds is 2. The third-order valence-corrected chi connectivity index (χ3v) is 3.97. The van der Waals surface area contributed by atoms with Crippen LogP contribution in [0.5, 0.6) is 0 Å². The van der Waals surface area contributed by atoms with Gasteiger partial charge in [0.15, 0.2) is 0 Å². The molecule has 3 heteroatoms. The van der Waals surface area contributed by atoms with E-state index in [1.54, 1.807) is 0 Å². The van der Waals surface area contributed by atoms with Gasteiger partial charge in [-0.15, -0.1) is 11.8 Å². The molecule has 0 amide bonds. The van der Waals surface area contributed by atoms with Crippen LogP contribution in [0.25, 0.3) is 0 Å². The lowest BCUT2D eigenvalue weighted by Crippen LogP contribution is -2.33. The van der Waals surface area contributed by atoms with Gasteiger partial charge in [-0.3, -0.25) is 0 Å². The Labute approximate surface area is 72.9 Å². The van der Waals surface area contributed by atoms with Crippen molar-refractivity contribution in [2.75, 3.05) is 5.88 Å². The van der Waals surface area contributed by atoms with Gasteiger partial charge in [-0.05, 0) is 11.8 Å². The second-order valence-corrected chi connectivity index (χ2v) is 4.78. The number of azo groups is 1. The topological polar surface area (TPSA) is 24.7 Å². The van der Waals surface area contributed by atoms with Gasteiger partial charge in [-0.25, -0.2) is 0 Å². The van der Waals surface area contributed by atoms with Crippen molar-refractivity contribution in [3.63, 3.8) is 0 Å². The van der Waals surface area contributed by atoms with E-state index in [0.29, 0.717) is 11.8 Å². The Balaban J connectivity index is 2.80. The molecule has 0 bridgehead atoms. The highest BCUT2D eigenvalue weighted by molar-refractivity contribution is 8.00. The van der Waals surface area contributed by atoms with Crippen LogP contribution < -0.4 is 0 Å². The van der Waals surface area contributed by atoms with Gasteiger partial charge in [-0.2, -0.15) is 10.2 Å². The van der Waals surface area contributed by atoms with Crippen molar-refractivity contribution < 1.29 is 0 Å². The Morgan fingerprint density at radius 3 is 1.91 bits per heavy atom. The average molecular weight is 172 g/mol. The van der Waals surface area contributed by atoms with E-state index in [0.717, 1.165) is 5.88 Å².